The molecule has 6 rings (SSSR count). The minimum absolute atomic E-state index is 0.540. The molecule has 0 spiro atoms. The summed E-state index contributed by atoms with van der Waals surface area (Å²) in [5.74, 6) is 1.11. The Hall–Kier alpha value is -4.30. The molecule has 0 bridgehead atoms. The molecule has 2 heteroatoms. The van der Waals surface area contributed by atoms with Gasteiger partial charge in [0.25, 0.3) is 0 Å². The van der Waals surface area contributed by atoms with Crippen LogP contribution in [0.1, 0.15) is 49.7 Å². The van der Waals surface area contributed by atoms with Gasteiger partial charge >= 0.3 is 0 Å². The summed E-state index contributed by atoms with van der Waals surface area (Å²) < 4.78 is 0. The number of aryl methyl sites for hydroxylation is 1. The highest BCUT2D eigenvalue weighted by Gasteiger charge is 2.24. The lowest BCUT2D eigenvalue weighted by Crippen LogP contribution is -2.26. The number of benzene rings is 4. The lowest BCUT2D eigenvalue weighted by molar-refractivity contribution is 0.585. The molecule has 0 N–H and O–H groups in total. The summed E-state index contributed by atoms with van der Waals surface area (Å²) in [5.41, 5.74) is 10.3. The maximum absolute atomic E-state index is 2.51. The van der Waals surface area contributed by atoms with Crippen LogP contribution in [0.3, 0.4) is 0 Å². The van der Waals surface area contributed by atoms with Gasteiger partial charge in [-0.3, -0.25) is 0 Å². The zero-order valence-electron chi connectivity index (χ0n) is 23.6. The molecule has 200 valence electrons. The second-order valence-electron chi connectivity index (χ2n) is 11.2. The topological polar surface area (TPSA) is 6.48 Å². The summed E-state index contributed by atoms with van der Waals surface area (Å²) in [6.45, 7) is 4.46. The van der Waals surface area contributed by atoms with Crippen LogP contribution in [0.15, 0.2) is 145 Å². The van der Waals surface area contributed by atoms with Crippen LogP contribution in [-0.2, 0) is 0 Å². The van der Waals surface area contributed by atoms with Crippen molar-refractivity contribution in [2.45, 2.75) is 45.4 Å². The average Bonchev–Trinajstić information content (AvgIpc) is 3.00. The number of allylic oxidation sites excluding steroid dienone is 6. The van der Waals surface area contributed by atoms with Gasteiger partial charge in [-0.1, -0.05) is 85.8 Å². The molecule has 0 fully saturated rings. The molecule has 2 atom stereocenters. The zero-order valence-corrected chi connectivity index (χ0v) is 23.6. The predicted molar refractivity (Wildman–Crippen MR) is 170 cm³/mol. The van der Waals surface area contributed by atoms with Crippen molar-refractivity contribution in [3.05, 3.63) is 156 Å². The van der Waals surface area contributed by atoms with Crippen molar-refractivity contribution in [3.8, 4) is 0 Å². The number of rotatable bonds is 7. The molecule has 2 aliphatic rings. The van der Waals surface area contributed by atoms with Crippen molar-refractivity contribution in [3.63, 3.8) is 0 Å². The van der Waals surface area contributed by atoms with E-state index in [1.807, 2.05) is 0 Å². The first-order valence-electron chi connectivity index (χ1n) is 14.6. The number of nitrogens with zero attached hydrogens (tertiary/aromatic N) is 2. The Morgan fingerprint density at radius 2 is 1.30 bits per heavy atom. The fourth-order valence-electron chi connectivity index (χ4n) is 6.09. The van der Waals surface area contributed by atoms with Crippen molar-refractivity contribution >= 4 is 22.7 Å². The van der Waals surface area contributed by atoms with Gasteiger partial charge in [-0.2, -0.15) is 0 Å². The van der Waals surface area contributed by atoms with E-state index in [1.54, 1.807) is 0 Å². The third-order valence-corrected chi connectivity index (χ3v) is 8.13. The lowest BCUT2D eigenvalue weighted by Gasteiger charge is -2.35. The van der Waals surface area contributed by atoms with E-state index in [9.17, 15) is 0 Å². The third-order valence-electron chi connectivity index (χ3n) is 8.13. The van der Waals surface area contributed by atoms with Gasteiger partial charge in [-0.05, 0) is 110 Å². The first-order valence-corrected chi connectivity index (χ1v) is 14.6. The van der Waals surface area contributed by atoms with E-state index in [0.717, 1.165) is 25.7 Å². The van der Waals surface area contributed by atoms with E-state index in [4.69, 9.17) is 0 Å². The predicted octanol–water partition coefficient (Wildman–Crippen LogP) is 10.6. The van der Waals surface area contributed by atoms with Gasteiger partial charge in [0.2, 0.25) is 0 Å². The summed E-state index contributed by atoms with van der Waals surface area (Å²) in [4.78, 5) is 4.86. The van der Waals surface area contributed by atoms with Gasteiger partial charge < -0.3 is 9.80 Å². The molecular weight excluding hydrogens is 484 g/mol. The summed E-state index contributed by atoms with van der Waals surface area (Å²) >= 11 is 0. The van der Waals surface area contributed by atoms with Crippen LogP contribution in [0.5, 0.6) is 0 Å². The number of para-hydroxylation sites is 2. The second-order valence-corrected chi connectivity index (χ2v) is 11.2. The van der Waals surface area contributed by atoms with Crippen molar-refractivity contribution in [2.75, 3.05) is 9.80 Å². The molecule has 2 unspecified atom stereocenters. The highest BCUT2D eigenvalue weighted by molar-refractivity contribution is 5.76. The van der Waals surface area contributed by atoms with Crippen LogP contribution in [0.25, 0.3) is 0 Å². The standard InChI is InChI=1S/C38H38N2/c1-29-11-9-17-37(27-29)39(33-13-5-3-6-14-33)35-23-19-31(20-24-35)32-21-25-36(26-22-32)40(34-15-7-4-8-16-34)38-18-10-12-30(2)28-38/h3-20,23-25,27,30,32H,21-22,26,28H2,1-2H3. The van der Waals surface area contributed by atoms with Gasteiger partial charge in [0.15, 0.2) is 0 Å². The van der Waals surface area contributed by atoms with Crippen molar-refractivity contribution in [1.29, 1.82) is 0 Å². The van der Waals surface area contributed by atoms with Crippen molar-refractivity contribution in [1.82, 2.24) is 0 Å². The number of anilines is 4. The maximum atomic E-state index is 2.51. The van der Waals surface area contributed by atoms with E-state index in [-0.39, 0.29) is 0 Å². The summed E-state index contributed by atoms with van der Waals surface area (Å²) in [7, 11) is 0. The quantitative estimate of drug-likeness (QED) is 0.238. The Labute approximate surface area is 239 Å². The second kappa shape index (κ2) is 11.8. The van der Waals surface area contributed by atoms with Crippen LogP contribution >= 0.6 is 0 Å². The van der Waals surface area contributed by atoms with Gasteiger partial charge in [0.1, 0.15) is 0 Å². The Kier molecular flexibility index (Phi) is 7.68. The van der Waals surface area contributed by atoms with E-state index in [0.29, 0.717) is 11.8 Å². The molecule has 0 heterocycles. The zero-order chi connectivity index (χ0) is 27.3. The van der Waals surface area contributed by atoms with Crippen molar-refractivity contribution < 1.29 is 0 Å². The van der Waals surface area contributed by atoms with Gasteiger partial charge in [0.05, 0.1) is 0 Å². The molecule has 0 aromatic heterocycles. The minimum atomic E-state index is 0.540. The van der Waals surface area contributed by atoms with Gasteiger partial charge in [-0.15, -0.1) is 0 Å². The monoisotopic (exact) mass is 522 g/mol. The molecule has 2 aliphatic carbocycles. The largest absolute Gasteiger partial charge is 0.318 e. The molecule has 0 saturated heterocycles. The Morgan fingerprint density at radius 3 is 1.93 bits per heavy atom. The van der Waals surface area contributed by atoms with E-state index in [1.165, 1.54) is 45.3 Å². The normalized spacial score (nSPS) is 18.6. The lowest BCUT2D eigenvalue weighted by atomic mass is 9.85. The van der Waals surface area contributed by atoms with Crippen LogP contribution < -0.4 is 9.80 Å². The molecule has 40 heavy (non-hydrogen) atoms. The van der Waals surface area contributed by atoms with Crippen LogP contribution in [-0.4, -0.2) is 0 Å². The summed E-state index contributed by atoms with van der Waals surface area (Å²) in [5, 5.41) is 0. The fourth-order valence-corrected chi connectivity index (χ4v) is 6.09. The van der Waals surface area contributed by atoms with Crippen molar-refractivity contribution in [2.24, 2.45) is 5.92 Å². The highest BCUT2D eigenvalue weighted by atomic mass is 15.2. The van der Waals surface area contributed by atoms with E-state index < -0.39 is 0 Å². The average molecular weight is 523 g/mol. The Balaban J connectivity index is 1.24. The van der Waals surface area contributed by atoms with Crippen LogP contribution in [0.2, 0.25) is 0 Å². The molecule has 4 aromatic carbocycles. The first-order chi connectivity index (χ1) is 19.7. The SMILES string of the molecule is Cc1cccc(N(c2ccccc2)c2ccc(C3CC=C(N(C4=CC=CC(C)C4)c4ccccc4)CC3)cc2)c1. The molecule has 0 amide bonds. The third kappa shape index (κ3) is 5.67. The van der Waals surface area contributed by atoms with Gasteiger partial charge in [-0.25, -0.2) is 0 Å². The summed E-state index contributed by atoms with van der Waals surface area (Å²) in [6, 6.07) is 39.5. The van der Waals surface area contributed by atoms with Crippen LogP contribution in [0.4, 0.5) is 22.7 Å². The number of hydrogen-bond acceptors (Lipinski definition) is 2. The first kappa shape index (κ1) is 26.0. The van der Waals surface area contributed by atoms with E-state index in [2.05, 4.69) is 157 Å². The minimum Gasteiger partial charge on any atom is -0.318 e. The molecule has 0 radical (unpaired) electrons. The Bertz CT molecular complexity index is 1510. The fraction of sp³-hybridized carbons (Fsp3) is 0.211. The number of hydrogen-bond donors (Lipinski definition) is 0. The molecule has 0 aliphatic heterocycles. The molecule has 4 aromatic rings. The molecule has 0 saturated carbocycles. The molecule has 2 nitrogen and oxygen atoms in total. The maximum Gasteiger partial charge on any atom is 0.0464 e. The Morgan fingerprint density at radius 1 is 0.650 bits per heavy atom. The van der Waals surface area contributed by atoms with Crippen LogP contribution in [0, 0.1) is 12.8 Å². The van der Waals surface area contributed by atoms with E-state index >= 15 is 0 Å². The van der Waals surface area contributed by atoms with Gasteiger partial charge in [0, 0.05) is 34.1 Å². The highest BCUT2D eigenvalue weighted by Crippen LogP contribution is 2.40. The molecular formula is C38H38N2. The summed E-state index contributed by atoms with van der Waals surface area (Å²) in [6.07, 6.45) is 13.7. The smallest absolute Gasteiger partial charge is 0.0464 e.